The van der Waals surface area contributed by atoms with Gasteiger partial charge >= 0.3 is 0 Å². The van der Waals surface area contributed by atoms with Crippen molar-refractivity contribution in [2.24, 2.45) is 0 Å². The first-order valence-corrected chi connectivity index (χ1v) is 5.64. The Morgan fingerprint density at radius 1 is 1.21 bits per heavy atom. The van der Waals surface area contributed by atoms with Gasteiger partial charge in [0.2, 0.25) is 0 Å². The Kier molecular flexibility index (Phi) is 3.21. The van der Waals surface area contributed by atoms with Crippen LogP contribution in [0.2, 0.25) is 0 Å². The average molecular weight is 257 g/mol. The maximum atomic E-state index is 9.36. The molecule has 76 valence electrons. The van der Waals surface area contributed by atoms with Gasteiger partial charge in [0.15, 0.2) is 6.29 Å². The van der Waals surface area contributed by atoms with E-state index in [9.17, 15) is 5.11 Å². The predicted molar refractivity (Wildman–Crippen MR) is 57.8 cm³/mol. The second-order valence-electron chi connectivity index (χ2n) is 3.56. The Morgan fingerprint density at radius 3 is 2.57 bits per heavy atom. The number of halogens is 1. The lowest BCUT2D eigenvalue weighted by Crippen LogP contribution is -2.21. The van der Waals surface area contributed by atoms with Gasteiger partial charge in [-0.3, -0.25) is 0 Å². The third-order valence-corrected chi connectivity index (χ3v) is 3.01. The quantitative estimate of drug-likeness (QED) is 0.837. The normalized spacial score (nSPS) is 27.6. The van der Waals surface area contributed by atoms with Crippen LogP contribution in [0.15, 0.2) is 28.7 Å². The fraction of sp³-hybridized carbons (Fsp3) is 0.455. The minimum atomic E-state index is -0.586. The van der Waals surface area contributed by atoms with Crippen molar-refractivity contribution in [2.45, 2.75) is 31.7 Å². The monoisotopic (exact) mass is 256 g/mol. The number of benzene rings is 1. The van der Waals surface area contributed by atoms with Gasteiger partial charge < -0.3 is 9.84 Å². The van der Waals surface area contributed by atoms with Crippen LogP contribution in [0.5, 0.6) is 0 Å². The number of hydrogen-bond acceptors (Lipinski definition) is 2. The summed E-state index contributed by atoms with van der Waals surface area (Å²) < 4.78 is 6.52. The molecule has 1 fully saturated rings. The van der Waals surface area contributed by atoms with Crippen molar-refractivity contribution in [1.82, 2.24) is 0 Å². The van der Waals surface area contributed by atoms with Gasteiger partial charge in [0.05, 0.1) is 6.10 Å². The molecule has 0 saturated carbocycles. The van der Waals surface area contributed by atoms with Gasteiger partial charge in [0.1, 0.15) is 0 Å². The van der Waals surface area contributed by atoms with Crippen molar-refractivity contribution in [1.29, 1.82) is 0 Å². The maximum absolute atomic E-state index is 9.36. The minimum Gasteiger partial charge on any atom is -0.368 e. The maximum Gasteiger partial charge on any atom is 0.155 e. The lowest BCUT2D eigenvalue weighted by Gasteiger charge is -2.27. The molecule has 2 atom stereocenters. The highest BCUT2D eigenvalue weighted by atomic mass is 79.9. The van der Waals surface area contributed by atoms with E-state index >= 15 is 0 Å². The van der Waals surface area contributed by atoms with Crippen LogP contribution >= 0.6 is 15.9 Å². The first-order valence-electron chi connectivity index (χ1n) is 4.85. The van der Waals surface area contributed by atoms with Gasteiger partial charge in [-0.25, -0.2) is 0 Å². The average Bonchev–Trinajstić information content (AvgIpc) is 2.19. The van der Waals surface area contributed by atoms with Crippen LogP contribution in [0.4, 0.5) is 0 Å². The number of aliphatic hydroxyl groups is 1. The molecule has 1 heterocycles. The highest BCUT2D eigenvalue weighted by molar-refractivity contribution is 9.10. The summed E-state index contributed by atoms with van der Waals surface area (Å²) in [5, 5.41) is 9.36. The SMILES string of the molecule is OC1CCC[C@H](c2ccc(Br)cc2)O1. The van der Waals surface area contributed by atoms with E-state index in [0.717, 1.165) is 29.3 Å². The van der Waals surface area contributed by atoms with Gasteiger partial charge in [-0.05, 0) is 37.0 Å². The molecule has 0 radical (unpaired) electrons. The summed E-state index contributed by atoms with van der Waals surface area (Å²) in [6.45, 7) is 0. The van der Waals surface area contributed by atoms with Crippen molar-refractivity contribution in [3.63, 3.8) is 0 Å². The van der Waals surface area contributed by atoms with Crippen molar-refractivity contribution >= 4 is 15.9 Å². The first-order chi connectivity index (χ1) is 6.75. The van der Waals surface area contributed by atoms with E-state index in [2.05, 4.69) is 15.9 Å². The topological polar surface area (TPSA) is 29.5 Å². The molecule has 14 heavy (non-hydrogen) atoms. The Bertz CT molecular complexity index is 297. The highest BCUT2D eigenvalue weighted by Crippen LogP contribution is 2.30. The molecule has 0 amide bonds. The van der Waals surface area contributed by atoms with Crippen molar-refractivity contribution < 1.29 is 9.84 Å². The second-order valence-corrected chi connectivity index (χ2v) is 4.48. The fourth-order valence-corrected chi connectivity index (χ4v) is 1.99. The van der Waals surface area contributed by atoms with Crippen LogP contribution in [0, 0.1) is 0 Å². The Morgan fingerprint density at radius 2 is 1.93 bits per heavy atom. The second kappa shape index (κ2) is 4.43. The van der Waals surface area contributed by atoms with Crippen molar-refractivity contribution in [3.8, 4) is 0 Å². The Hall–Kier alpha value is -0.380. The summed E-state index contributed by atoms with van der Waals surface area (Å²) in [5.74, 6) is 0. The molecule has 3 heteroatoms. The standard InChI is InChI=1S/C11H13BrO2/c12-9-6-4-8(5-7-9)10-2-1-3-11(13)14-10/h4-7,10-11,13H,1-3H2/t10-,11?/m1/s1. The molecule has 1 aliphatic rings. The Labute approximate surface area is 92.0 Å². The van der Waals surface area contributed by atoms with E-state index in [0.29, 0.717) is 0 Å². The predicted octanol–water partition coefficient (Wildman–Crippen LogP) is 3.01. The molecule has 1 saturated heterocycles. The summed E-state index contributed by atoms with van der Waals surface area (Å²) in [7, 11) is 0. The van der Waals surface area contributed by atoms with E-state index in [-0.39, 0.29) is 6.10 Å². The zero-order chi connectivity index (χ0) is 9.97. The molecule has 1 unspecified atom stereocenters. The molecular weight excluding hydrogens is 244 g/mol. The van der Waals surface area contributed by atoms with Crippen LogP contribution in [-0.2, 0) is 4.74 Å². The van der Waals surface area contributed by atoms with Crippen LogP contribution in [-0.4, -0.2) is 11.4 Å². The van der Waals surface area contributed by atoms with Gasteiger partial charge in [-0.1, -0.05) is 28.1 Å². The van der Waals surface area contributed by atoms with Gasteiger partial charge in [-0.2, -0.15) is 0 Å². The zero-order valence-electron chi connectivity index (χ0n) is 7.82. The van der Waals surface area contributed by atoms with Gasteiger partial charge in [0, 0.05) is 4.47 Å². The molecule has 0 bridgehead atoms. The molecule has 1 N–H and O–H groups in total. The summed E-state index contributed by atoms with van der Waals surface area (Å²) in [6.07, 6.45) is 2.26. The molecule has 0 aromatic heterocycles. The zero-order valence-corrected chi connectivity index (χ0v) is 9.40. The number of ether oxygens (including phenoxy) is 1. The van der Waals surface area contributed by atoms with Crippen LogP contribution in [0.25, 0.3) is 0 Å². The third-order valence-electron chi connectivity index (χ3n) is 2.48. The third kappa shape index (κ3) is 2.35. The van der Waals surface area contributed by atoms with E-state index < -0.39 is 6.29 Å². The number of rotatable bonds is 1. The van der Waals surface area contributed by atoms with Crippen LogP contribution in [0.3, 0.4) is 0 Å². The van der Waals surface area contributed by atoms with Crippen LogP contribution in [0.1, 0.15) is 30.9 Å². The first kappa shape index (κ1) is 10.1. The smallest absolute Gasteiger partial charge is 0.155 e. The number of hydrogen-bond donors (Lipinski definition) is 1. The largest absolute Gasteiger partial charge is 0.368 e. The van der Waals surface area contributed by atoms with Gasteiger partial charge in [-0.15, -0.1) is 0 Å². The molecule has 2 rings (SSSR count). The Balaban J connectivity index is 2.10. The van der Waals surface area contributed by atoms with Gasteiger partial charge in [0.25, 0.3) is 0 Å². The summed E-state index contributed by atoms with van der Waals surface area (Å²) in [6, 6.07) is 8.07. The summed E-state index contributed by atoms with van der Waals surface area (Å²) in [4.78, 5) is 0. The summed E-state index contributed by atoms with van der Waals surface area (Å²) >= 11 is 3.39. The van der Waals surface area contributed by atoms with E-state index in [4.69, 9.17) is 4.74 Å². The molecule has 1 aromatic carbocycles. The fourth-order valence-electron chi connectivity index (χ4n) is 1.73. The molecule has 2 nitrogen and oxygen atoms in total. The van der Waals surface area contributed by atoms with Crippen molar-refractivity contribution in [3.05, 3.63) is 34.3 Å². The molecule has 0 spiro atoms. The van der Waals surface area contributed by atoms with E-state index in [1.54, 1.807) is 0 Å². The molecule has 0 aliphatic carbocycles. The summed E-state index contributed by atoms with van der Waals surface area (Å²) in [5.41, 5.74) is 1.15. The number of aliphatic hydroxyl groups excluding tert-OH is 1. The van der Waals surface area contributed by atoms with E-state index in [1.165, 1.54) is 0 Å². The minimum absolute atomic E-state index is 0.0619. The van der Waals surface area contributed by atoms with E-state index in [1.807, 2.05) is 24.3 Å². The molecular formula is C11H13BrO2. The highest BCUT2D eigenvalue weighted by Gasteiger charge is 2.21. The lowest BCUT2D eigenvalue weighted by atomic mass is 10.0. The lowest BCUT2D eigenvalue weighted by molar-refractivity contribution is -0.164. The van der Waals surface area contributed by atoms with Crippen LogP contribution < -0.4 is 0 Å². The molecule has 1 aliphatic heterocycles. The van der Waals surface area contributed by atoms with Crippen molar-refractivity contribution in [2.75, 3.05) is 0 Å². The molecule has 1 aromatic rings.